The summed E-state index contributed by atoms with van der Waals surface area (Å²) in [4.78, 5) is 8.48. The predicted molar refractivity (Wildman–Crippen MR) is 72.3 cm³/mol. The summed E-state index contributed by atoms with van der Waals surface area (Å²) in [5, 5.41) is 2.98. The van der Waals surface area contributed by atoms with Gasteiger partial charge >= 0.3 is 0 Å². The van der Waals surface area contributed by atoms with E-state index in [0.717, 1.165) is 5.56 Å². The second-order valence-electron chi connectivity index (χ2n) is 4.31. The molecular weight excluding hydrogens is 245 g/mol. The van der Waals surface area contributed by atoms with Crippen LogP contribution in [0.1, 0.15) is 17.0 Å². The SMILES string of the molecule is CNc1nc(C)nc(Oc2ccc(C)c(F)c2)c1C. The van der Waals surface area contributed by atoms with Crippen molar-refractivity contribution in [3.63, 3.8) is 0 Å². The molecule has 0 aliphatic rings. The topological polar surface area (TPSA) is 47.0 Å². The lowest BCUT2D eigenvalue weighted by Gasteiger charge is -2.12. The Morgan fingerprint density at radius 1 is 1.16 bits per heavy atom. The molecule has 0 amide bonds. The molecule has 0 aliphatic heterocycles. The zero-order valence-corrected chi connectivity index (χ0v) is 11.4. The quantitative estimate of drug-likeness (QED) is 0.920. The van der Waals surface area contributed by atoms with Crippen LogP contribution in [0.5, 0.6) is 11.6 Å². The van der Waals surface area contributed by atoms with Gasteiger partial charge in [0.2, 0.25) is 5.88 Å². The Bertz CT molecular complexity index is 614. The molecule has 0 fully saturated rings. The first-order valence-electron chi connectivity index (χ1n) is 5.98. The summed E-state index contributed by atoms with van der Waals surface area (Å²) in [6.45, 7) is 5.34. The van der Waals surface area contributed by atoms with Crippen molar-refractivity contribution in [3.8, 4) is 11.6 Å². The lowest BCUT2D eigenvalue weighted by molar-refractivity contribution is 0.451. The molecule has 0 atom stereocenters. The van der Waals surface area contributed by atoms with Gasteiger partial charge in [0.1, 0.15) is 23.2 Å². The molecule has 1 aromatic heterocycles. The van der Waals surface area contributed by atoms with Gasteiger partial charge in [-0.3, -0.25) is 0 Å². The van der Waals surface area contributed by atoms with Crippen molar-refractivity contribution in [3.05, 3.63) is 41.0 Å². The third kappa shape index (κ3) is 2.81. The highest BCUT2D eigenvalue weighted by Crippen LogP contribution is 2.27. The summed E-state index contributed by atoms with van der Waals surface area (Å²) in [6, 6.07) is 4.74. The number of aromatic nitrogens is 2. The second-order valence-corrected chi connectivity index (χ2v) is 4.31. The van der Waals surface area contributed by atoms with Crippen molar-refractivity contribution >= 4 is 5.82 Å². The van der Waals surface area contributed by atoms with E-state index < -0.39 is 0 Å². The van der Waals surface area contributed by atoms with Crippen LogP contribution < -0.4 is 10.1 Å². The molecular formula is C14H16FN3O. The van der Waals surface area contributed by atoms with Crippen molar-refractivity contribution < 1.29 is 9.13 Å². The zero-order chi connectivity index (χ0) is 14.0. The number of rotatable bonds is 3. The van der Waals surface area contributed by atoms with Gasteiger partial charge in [-0.15, -0.1) is 0 Å². The van der Waals surface area contributed by atoms with Crippen LogP contribution in [-0.4, -0.2) is 17.0 Å². The molecule has 2 aromatic rings. The highest BCUT2D eigenvalue weighted by molar-refractivity contribution is 5.49. The summed E-state index contributed by atoms with van der Waals surface area (Å²) in [5.41, 5.74) is 1.37. The Morgan fingerprint density at radius 2 is 1.89 bits per heavy atom. The molecule has 4 nitrogen and oxygen atoms in total. The highest BCUT2D eigenvalue weighted by atomic mass is 19.1. The molecule has 0 radical (unpaired) electrons. The second kappa shape index (κ2) is 5.22. The number of hydrogen-bond acceptors (Lipinski definition) is 4. The van der Waals surface area contributed by atoms with E-state index in [2.05, 4.69) is 15.3 Å². The van der Waals surface area contributed by atoms with Crippen molar-refractivity contribution in [2.24, 2.45) is 0 Å². The number of hydrogen-bond donors (Lipinski definition) is 1. The standard InChI is InChI=1S/C14H16FN3O/c1-8-5-6-11(7-12(8)15)19-14-9(2)13(16-4)17-10(3)18-14/h5-7H,1-4H3,(H,16,17,18). The van der Waals surface area contributed by atoms with Crippen LogP contribution in [-0.2, 0) is 0 Å². The third-order valence-electron chi connectivity index (χ3n) is 2.81. The largest absolute Gasteiger partial charge is 0.438 e. The monoisotopic (exact) mass is 261 g/mol. The van der Waals surface area contributed by atoms with Crippen LogP contribution in [0.3, 0.4) is 0 Å². The van der Waals surface area contributed by atoms with Gasteiger partial charge in [0.25, 0.3) is 0 Å². The number of aryl methyl sites for hydroxylation is 2. The third-order valence-corrected chi connectivity index (χ3v) is 2.81. The average molecular weight is 261 g/mol. The fourth-order valence-electron chi connectivity index (χ4n) is 1.69. The Morgan fingerprint density at radius 3 is 2.53 bits per heavy atom. The maximum absolute atomic E-state index is 13.5. The molecule has 0 saturated carbocycles. The van der Waals surface area contributed by atoms with Crippen LogP contribution in [0.4, 0.5) is 10.2 Å². The first-order chi connectivity index (χ1) is 9.01. The molecule has 1 heterocycles. The van der Waals surface area contributed by atoms with Crippen LogP contribution in [0.2, 0.25) is 0 Å². The summed E-state index contributed by atoms with van der Waals surface area (Å²) >= 11 is 0. The van der Waals surface area contributed by atoms with E-state index in [9.17, 15) is 4.39 Å². The van der Waals surface area contributed by atoms with Gasteiger partial charge in [0.15, 0.2) is 0 Å². The number of anilines is 1. The first-order valence-corrected chi connectivity index (χ1v) is 5.98. The van der Waals surface area contributed by atoms with Gasteiger partial charge < -0.3 is 10.1 Å². The minimum Gasteiger partial charge on any atom is -0.438 e. The van der Waals surface area contributed by atoms with Gasteiger partial charge in [0, 0.05) is 13.1 Å². The molecule has 0 unspecified atom stereocenters. The van der Waals surface area contributed by atoms with Crippen molar-refractivity contribution in [2.45, 2.75) is 20.8 Å². The predicted octanol–water partition coefficient (Wildman–Crippen LogP) is 3.37. The van der Waals surface area contributed by atoms with Gasteiger partial charge in [-0.2, -0.15) is 4.98 Å². The van der Waals surface area contributed by atoms with E-state index >= 15 is 0 Å². The maximum atomic E-state index is 13.5. The minimum absolute atomic E-state index is 0.297. The van der Waals surface area contributed by atoms with Crippen LogP contribution in [0.15, 0.2) is 18.2 Å². The Balaban J connectivity index is 2.37. The molecule has 5 heteroatoms. The molecule has 0 bridgehead atoms. The normalized spacial score (nSPS) is 10.4. The first kappa shape index (κ1) is 13.3. The van der Waals surface area contributed by atoms with E-state index in [1.165, 1.54) is 6.07 Å². The highest BCUT2D eigenvalue weighted by Gasteiger charge is 2.11. The Labute approximate surface area is 111 Å². The van der Waals surface area contributed by atoms with Gasteiger partial charge in [-0.25, -0.2) is 9.37 Å². The van der Waals surface area contributed by atoms with Crippen LogP contribution in [0, 0.1) is 26.6 Å². The molecule has 0 saturated heterocycles. The van der Waals surface area contributed by atoms with Crippen molar-refractivity contribution in [2.75, 3.05) is 12.4 Å². The van der Waals surface area contributed by atoms with Crippen molar-refractivity contribution in [1.29, 1.82) is 0 Å². The van der Waals surface area contributed by atoms with E-state index in [-0.39, 0.29) is 5.82 Å². The van der Waals surface area contributed by atoms with Crippen LogP contribution >= 0.6 is 0 Å². The zero-order valence-electron chi connectivity index (χ0n) is 11.4. The van der Waals surface area contributed by atoms with Gasteiger partial charge in [-0.1, -0.05) is 6.07 Å². The Hall–Kier alpha value is -2.17. The van der Waals surface area contributed by atoms with Crippen LogP contribution in [0.25, 0.3) is 0 Å². The van der Waals surface area contributed by atoms with Crippen molar-refractivity contribution in [1.82, 2.24) is 9.97 Å². The molecule has 1 aromatic carbocycles. The fourth-order valence-corrected chi connectivity index (χ4v) is 1.69. The summed E-state index contributed by atoms with van der Waals surface area (Å²) in [7, 11) is 1.78. The lowest BCUT2D eigenvalue weighted by Crippen LogP contribution is -2.03. The number of benzene rings is 1. The molecule has 100 valence electrons. The molecule has 1 N–H and O–H groups in total. The van der Waals surface area contributed by atoms with E-state index in [4.69, 9.17) is 4.74 Å². The number of nitrogens with one attached hydrogen (secondary N) is 1. The molecule has 19 heavy (non-hydrogen) atoms. The number of nitrogens with zero attached hydrogens (tertiary/aromatic N) is 2. The molecule has 2 rings (SSSR count). The minimum atomic E-state index is -0.297. The average Bonchev–Trinajstić information content (AvgIpc) is 2.37. The fraction of sp³-hybridized carbons (Fsp3) is 0.286. The smallest absolute Gasteiger partial charge is 0.227 e. The van der Waals surface area contributed by atoms with E-state index in [1.54, 1.807) is 33.0 Å². The van der Waals surface area contributed by atoms with Gasteiger partial charge in [0.05, 0.1) is 5.56 Å². The maximum Gasteiger partial charge on any atom is 0.227 e. The van der Waals surface area contributed by atoms with Gasteiger partial charge in [-0.05, 0) is 32.4 Å². The van der Waals surface area contributed by atoms with E-state index in [1.807, 2.05) is 6.92 Å². The summed E-state index contributed by atoms with van der Waals surface area (Å²) < 4.78 is 19.1. The summed E-state index contributed by atoms with van der Waals surface area (Å²) in [5.74, 6) is 1.86. The Kier molecular flexibility index (Phi) is 3.64. The number of ether oxygens (including phenoxy) is 1. The molecule has 0 spiro atoms. The number of halogens is 1. The lowest BCUT2D eigenvalue weighted by atomic mass is 10.2. The summed E-state index contributed by atoms with van der Waals surface area (Å²) in [6.07, 6.45) is 0. The molecule has 0 aliphatic carbocycles. The van der Waals surface area contributed by atoms with E-state index in [0.29, 0.717) is 28.8 Å².